The van der Waals surface area contributed by atoms with Crippen molar-refractivity contribution in [3.63, 3.8) is 0 Å². The van der Waals surface area contributed by atoms with E-state index < -0.39 is 0 Å². The molecule has 2 aromatic heterocycles. The number of carbonyl (C=O) groups is 1. The maximum Gasteiger partial charge on any atom is 0.255 e. The summed E-state index contributed by atoms with van der Waals surface area (Å²) in [5, 5.41) is 11.4. The van der Waals surface area contributed by atoms with Crippen LogP contribution in [0.15, 0.2) is 60.8 Å². The van der Waals surface area contributed by atoms with Crippen LogP contribution < -0.4 is 5.32 Å². The predicted octanol–water partition coefficient (Wildman–Crippen LogP) is 3.97. The number of carbonyl (C=O) groups excluding carboxylic acids is 1. The Bertz CT molecular complexity index is 1240. The quantitative estimate of drug-likeness (QED) is 0.537. The molecule has 1 fully saturated rings. The number of nitrogens with one attached hydrogen (secondary N) is 1. The Labute approximate surface area is 180 Å². The van der Waals surface area contributed by atoms with E-state index in [1.54, 1.807) is 10.9 Å². The highest BCUT2D eigenvalue weighted by Crippen LogP contribution is 2.21. The molecule has 1 N–H and O–H groups in total. The molecule has 5 rings (SSSR count). The number of likely N-dealkylation sites (tertiary alicyclic amines) is 1. The first-order chi connectivity index (χ1) is 15.2. The third kappa shape index (κ3) is 4.04. The fraction of sp³-hybridized carbons (Fsp3) is 0.250. The number of rotatable bonds is 5. The molecule has 0 aliphatic carbocycles. The predicted molar refractivity (Wildman–Crippen MR) is 120 cm³/mol. The van der Waals surface area contributed by atoms with E-state index in [9.17, 15) is 4.79 Å². The van der Waals surface area contributed by atoms with Crippen molar-refractivity contribution in [3.8, 4) is 5.69 Å². The first-order valence-electron chi connectivity index (χ1n) is 10.6. The first kappa shape index (κ1) is 19.4. The van der Waals surface area contributed by atoms with Crippen LogP contribution in [0.25, 0.3) is 16.9 Å². The largest absolute Gasteiger partial charge is 0.322 e. The van der Waals surface area contributed by atoms with Crippen LogP contribution in [-0.4, -0.2) is 43.9 Å². The standard InChI is InChI=1S/C24H24N6O/c1-17-14-19(9-10-22(17)30-23-21(27-28-30)8-5-11-25-23)24(31)26-20-7-4-6-18(15-20)16-29-12-2-3-13-29/h4-11,14-15H,2-3,12-13,16H2,1H3,(H,26,31). The van der Waals surface area contributed by atoms with E-state index in [1.165, 1.54) is 18.4 Å². The highest BCUT2D eigenvalue weighted by molar-refractivity contribution is 6.04. The molecule has 3 heterocycles. The van der Waals surface area contributed by atoms with Gasteiger partial charge < -0.3 is 5.32 Å². The second kappa shape index (κ2) is 8.28. The average Bonchev–Trinajstić information content (AvgIpc) is 3.44. The lowest BCUT2D eigenvalue weighted by molar-refractivity contribution is 0.102. The van der Waals surface area contributed by atoms with Crippen molar-refractivity contribution >= 4 is 22.8 Å². The summed E-state index contributed by atoms with van der Waals surface area (Å²) in [6.45, 7) is 5.19. The Morgan fingerprint density at radius 2 is 1.94 bits per heavy atom. The number of fused-ring (bicyclic) bond motifs is 1. The first-order valence-corrected chi connectivity index (χ1v) is 10.6. The van der Waals surface area contributed by atoms with Crippen molar-refractivity contribution in [2.75, 3.05) is 18.4 Å². The van der Waals surface area contributed by atoms with Crippen molar-refractivity contribution in [1.29, 1.82) is 0 Å². The number of aromatic nitrogens is 4. The van der Waals surface area contributed by atoms with E-state index in [0.29, 0.717) is 11.2 Å². The molecule has 0 radical (unpaired) electrons. The van der Waals surface area contributed by atoms with Crippen LogP contribution in [0.4, 0.5) is 5.69 Å². The monoisotopic (exact) mass is 412 g/mol. The summed E-state index contributed by atoms with van der Waals surface area (Å²) in [6.07, 6.45) is 4.26. The van der Waals surface area contributed by atoms with Crippen LogP contribution in [0.3, 0.4) is 0 Å². The summed E-state index contributed by atoms with van der Waals surface area (Å²) in [4.78, 5) is 19.7. The van der Waals surface area contributed by atoms with Crippen LogP contribution in [-0.2, 0) is 6.54 Å². The zero-order valence-corrected chi connectivity index (χ0v) is 17.5. The van der Waals surface area contributed by atoms with Gasteiger partial charge in [-0.15, -0.1) is 5.10 Å². The Morgan fingerprint density at radius 1 is 1.06 bits per heavy atom. The van der Waals surface area contributed by atoms with Gasteiger partial charge in [0.25, 0.3) is 5.91 Å². The minimum absolute atomic E-state index is 0.130. The Balaban J connectivity index is 1.34. The lowest BCUT2D eigenvalue weighted by Crippen LogP contribution is -2.18. The number of benzene rings is 2. The molecule has 0 unspecified atom stereocenters. The maximum atomic E-state index is 12.9. The lowest BCUT2D eigenvalue weighted by Gasteiger charge is -2.15. The fourth-order valence-corrected chi connectivity index (χ4v) is 4.11. The molecule has 7 nitrogen and oxygen atoms in total. The summed E-state index contributed by atoms with van der Waals surface area (Å²) in [5.41, 5.74) is 5.84. The molecule has 7 heteroatoms. The van der Waals surface area contributed by atoms with E-state index in [-0.39, 0.29) is 5.91 Å². The SMILES string of the molecule is Cc1cc(C(=O)Nc2cccc(CN3CCCC3)c2)ccc1-n1nnc2cccnc21. The van der Waals surface area contributed by atoms with Crippen molar-refractivity contribution in [2.24, 2.45) is 0 Å². The lowest BCUT2D eigenvalue weighted by atomic mass is 10.1. The Morgan fingerprint density at radius 3 is 2.77 bits per heavy atom. The number of aryl methyl sites for hydroxylation is 1. The molecule has 1 aliphatic rings. The molecule has 2 aromatic carbocycles. The zero-order chi connectivity index (χ0) is 21.2. The third-order valence-electron chi connectivity index (χ3n) is 5.69. The fourth-order valence-electron chi connectivity index (χ4n) is 4.11. The molecule has 1 saturated heterocycles. The molecule has 1 aliphatic heterocycles. The maximum absolute atomic E-state index is 12.9. The Kier molecular flexibility index (Phi) is 5.18. The van der Waals surface area contributed by atoms with Gasteiger partial charge in [-0.1, -0.05) is 17.3 Å². The van der Waals surface area contributed by atoms with Crippen LogP contribution in [0.1, 0.15) is 34.3 Å². The third-order valence-corrected chi connectivity index (χ3v) is 5.69. The summed E-state index contributed by atoms with van der Waals surface area (Å²) in [6, 6.07) is 17.4. The van der Waals surface area contributed by atoms with Gasteiger partial charge in [0.15, 0.2) is 5.65 Å². The number of pyridine rings is 1. The van der Waals surface area contributed by atoms with Gasteiger partial charge in [-0.3, -0.25) is 9.69 Å². The number of hydrogen-bond acceptors (Lipinski definition) is 5. The molecule has 0 bridgehead atoms. The molecule has 0 atom stereocenters. The smallest absolute Gasteiger partial charge is 0.255 e. The van der Waals surface area contributed by atoms with Crippen LogP contribution in [0, 0.1) is 6.92 Å². The molecular weight excluding hydrogens is 388 g/mol. The highest BCUT2D eigenvalue weighted by Gasteiger charge is 2.14. The number of hydrogen-bond donors (Lipinski definition) is 1. The highest BCUT2D eigenvalue weighted by atomic mass is 16.1. The van der Waals surface area contributed by atoms with E-state index in [4.69, 9.17) is 0 Å². The van der Waals surface area contributed by atoms with Gasteiger partial charge in [0.2, 0.25) is 0 Å². The average molecular weight is 412 g/mol. The summed E-state index contributed by atoms with van der Waals surface area (Å²) in [7, 11) is 0. The van der Waals surface area contributed by atoms with Crippen LogP contribution >= 0.6 is 0 Å². The molecule has 4 aromatic rings. The molecule has 0 saturated carbocycles. The Hall–Kier alpha value is -3.58. The van der Waals surface area contributed by atoms with E-state index in [0.717, 1.165) is 42.1 Å². The van der Waals surface area contributed by atoms with Gasteiger partial charge >= 0.3 is 0 Å². The second-order valence-corrected chi connectivity index (χ2v) is 7.99. The van der Waals surface area contributed by atoms with Crippen molar-refractivity contribution in [3.05, 3.63) is 77.5 Å². The van der Waals surface area contributed by atoms with Crippen molar-refractivity contribution in [2.45, 2.75) is 26.3 Å². The number of anilines is 1. The minimum Gasteiger partial charge on any atom is -0.322 e. The van der Waals surface area contributed by atoms with Gasteiger partial charge in [0, 0.05) is 24.0 Å². The van der Waals surface area contributed by atoms with Crippen molar-refractivity contribution < 1.29 is 4.79 Å². The van der Waals surface area contributed by atoms with Gasteiger partial charge in [-0.2, -0.15) is 4.68 Å². The molecule has 0 spiro atoms. The molecule has 1 amide bonds. The van der Waals surface area contributed by atoms with Crippen molar-refractivity contribution in [1.82, 2.24) is 24.9 Å². The summed E-state index contributed by atoms with van der Waals surface area (Å²) in [5.74, 6) is -0.130. The van der Waals surface area contributed by atoms with E-state index in [1.807, 2.05) is 49.4 Å². The number of amides is 1. The van der Waals surface area contributed by atoms with E-state index >= 15 is 0 Å². The summed E-state index contributed by atoms with van der Waals surface area (Å²) < 4.78 is 1.70. The molecular formula is C24H24N6O. The van der Waals surface area contributed by atoms with Crippen LogP contribution in [0.5, 0.6) is 0 Å². The van der Waals surface area contributed by atoms with Gasteiger partial charge in [0.1, 0.15) is 5.52 Å². The number of nitrogens with zero attached hydrogens (tertiary/aromatic N) is 5. The zero-order valence-electron chi connectivity index (χ0n) is 17.5. The summed E-state index contributed by atoms with van der Waals surface area (Å²) >= 11 is 0. The van der Waals surface area contributed by atoms with Gasteiger partial charge in [-0.05, 0) is 86.4 Å². The molecule has 156 valence electrons. The van der Waals surface area contributed by atoms with E-state index in [2.05, 4.69) is 37.6 Å². The second-order valence-electron chi connectivity index (χ2n) is 7.99. The normalized spacial score (nSPS) is 14.2. The van der Waals surface area contributed by atoms with Gasteiger partial charge in [0.05, 0.1) is 5.69 Å². The minimum atomic E-state index is -0.130. The van der Waals surface area contributed by atoms with Crippen LogP contribution in [0.2, 0.25) is 0 Å². The van der Waals surface area contributed by atoms with Gasteiger partial charge in [-0.25, -0.2) is 4.98 Å². The molecule has 31 heavy (non-hydrogen) atoms. The topological polar surface area (TPSA) is 75.9 Å².